The number of amides is 2. The van der Waals surface area contributed by atoms with Crippen molar-refractivity contribution in [1.82, 2.24) is 9.88 Å². The van der Waals surface area contributed by atoms with Gasteiger partial charge in [-0.3, -0.25) is 9.59 Å². The van der Waals surface area contributed by atoms with E-state index in [0.29, 0.717) is 22.5 Å². The fourth-order valence-corrected chi connectivity index (χ4v) is 4.74. The molecule has 0 saturated carbocycles. The van der Waals surface area contributed by atoms with Crippen molar-refractivity contribution >= 4 is 34.0 Å². The number of aromatic nitrogens is 1. The van der Waals surface area contributed by atoms with Crippen LogP contribution in [0.25, 0.3) is 0 Å². The summed E-state index contributed by atoms with van der Waals surface area (Å²) in [5.41, 5.74) is -0.173. The first kappa shape index (κ1) is 24.6. The third-order valence-corrected chi connectivity index (χ3v) is 6.89. The number of benzene rings is 2. The van der Waals surface area contributed by atoms with Crippen LogP contribution in [0, 0.1) is 18.6 Å². The first-order valence-electron chi connectivity index (χ1n) is 10.7. The van der Waals surface area contributed by atoms with Gasteiger partial charge in [-0.05, 0) is 48.9 Å². The van der Waals surface area contributed by atoms with Gasteiger partial charge in [-0.1, -0.05) is 11.3 Å². The lowest BCUT2D eigenvalue weighted by molar-refractivity contribution is -0.160. The minimum Gasteiger partial charge on any atom is -0.354 e. The van der Waals surface area contributed by atoms with Crippen LogP contribution in [-0.2, 0) is 23.7 Å². The van der Waals surface area contributed by atoms with Crippen molar-refractivity contribution in [2.24, 2.45) is 0 Å². The number of aryl methyl sites for hydroxylation is 1. The predicted molar refractivity (Wildman–Crippen MR) is 125 cm³/mol. The molecule has 0 fully saturated rings. The van der Waals surface area contributed by atoms with Gasteiger partial charge >= 0.3 is 5.92 Å². The Bertz CT molecular complexity index is 1310. The summed E-state index contributed by atoms with van der Waals surface area (Å²) in [6.07, 6.45) is 0.309. The number of nitrogens with zero attached hydrogens (tertiary/aromatic N) is 3. The van der Waals surface area contributed by atoms with E-state index < -0.39 is 34.9 Å². The average Bonchev–Trinajstić information content (AvgIpc) is 3.25. The molecular formula is C24H22F4N4O2S. The van der Waals surface area contributed by atoms with Gasteiger partial charge < -0.3 is 15.1 Å². The molecule has 184 valence electrons. The van der Waals surface area contributed by atoms with E-state index in [1.54, 1.807) is 4.90 Å². The minimum absolute atomic E-state index is 0.0176. The van der Waals surface area contributed by atoms with E-state index >= 15 is 8.78 Å². The summed E-state index contributed by atoms with van der Waals surface area (Å²) < 4.78 is 58.4. The van der Waals surface area contributed by atoms with Gasteiger partial charge in [0.15, 0.2) is 5.13 Å². The average molecular weight is 507 g/mol. The molecule has 0 saturated heterocycles. The summed E-state index contributed by atoms with van der Waals surface area (Å²) >= 11 is 1.31. The standard InChI is InChI=1S/C24H22F4N4O2S/c1-13-10-15(5-7-17(13)25)29-21(33)14-4-6-18(26)16(11-14)24(27,28)22(34)32-9-8-19-20(12-32)35-23(30-19)31(2)3/h4-7,10-11H,8-9,12H2,1-3H3,(H,29,33). The number of anilines is 2. The summed E-state index contributed by atoms with van der Waals surface area (Å²) in [6.45, 7) is 1.47. The van der Waals surface area contributed by atoms with Gasteiger partial charge in [0, 0.05) is 43.2 Å². The molecule has 0 atom stereocenters. The van der Waals surface area contributed by atoms with Crippen LogP contribution in [0.1, 0.15) is 32.1 Å². The lowest BCUT2D eigenvalue weighted by Crippen LogP contribution is -2.44. The molecular weight excluding hydrogens is 484 g/mol. The second-order valence-electron chi connectivity index (χ2n) is 8.42. The molecule has 6 nitrogen and oxygen atoms in total. The highest BCUT2D eigenvalue weighted by Gasteiger charge is 2.47. The van der Waals surface area contributed by atoms with E-state index in [1.807, 2.05) is 14.1 Å². The molecule has 0 unspecified atom stereocenters. The third kappa shape index (κ3) is 4.86. The Kier molecular flexibility index (Phi) is 6.54. The molecule has 2 heterocycles. The highest BCUT2D eigenvalue weighted by Crippen LogP contribution is 2.36. The van der Waals surface area contributed by atoms with Gasteiger partial charge in [0.2, 0.25) is 0 Å². The number of thiazole rings is 1. The quantitative estimate of drug-likeness (QED) is 0.509. The minimum atomic E-state index is -4.20. The van der Waals surface area contributed by atoms with Crippen LogP contribution < -0.4 is 10.2 Å². The van der Waals surface area contributed by atoms with Crippen LogP contribution >= 0.6 is 11.3 Å². The van der Waals surface area contributed by atoms with Crippen molar-refractivity contribution < 1.29 is 27.2 Å². The molecule has 1 aliphatic rings. The Morgan fingerprint density at radius 1 is 1.11 bits per heavy atom. The highest BCUT2D eigenvalue weighted by atomic mass is 32.1. The molecule has 0 bridgehead atoms. The van der Waals surface area contributed by atoms with Gasteiger partial charge in [0.25, 0.3) is 11.8 Å². The van der Waals surface area contributed by atoms with E-state index in [0.717, 1.165) is 28.8 Å². The molecule has 0 spiro atoms. The van der Waals surface area contributed by atoms with E-state index in [-0.39, 0.29) is 29.9 Å². The molecule has 2 amide bonds. The van der Waals surface area contributed by atoms with Gasteiger partial charge in [0.1, 0.15) is 11.6 Å². The second kappa shape index (κ2) is 9.29. The summed E-state index contributed by atoms with van der Waals surface area (Å²) in [4.78, 5) is 33.3. The van der Waals surface area contributed by atoms with Gasteiger partial charge in [-0.15, -0.1) is 0 Å². The van der Waals surface area contributed by atoms with Crippen LogP contribution in [0.2, 0.25) is 0 Å². The lowest BCUT2D eigenvalue weighted by atomic mass is 10.0. The summed E-state index contributed by atoms with van der Waals surface area (Å²) in [6, 6.07) is 6.28. The molecule has 1 aromatic heterocycles. The van der Waals surface area contributed by atoms with E-state index in [2.05, 4.69) is 10.3 Å². The van der Waals surface area contributed by atoms with Crippen molar-refractivity contribution in [3.63, 3.8) is 0 Å². The number of carbonyl (C=O) groups is 2. The summed E-state index contributed by atoms with van der Waals surface area (Å²) in [5.74, 6) is -8.31. The molecule has 35 heavy (non-hydrogen) atoms. The van der Waals surface area contributed by atoms with Crippen molar-refractivity contribution in [3.8, 4) is 0 Å². The lowest BCUT2D eigenvalue weighted by Gasteiger charge is -2.29. The monoisotopic (exact) mass is 506 g/mol. The van der Waals surface area contributed by atoms with Crippen molar-refractivity contribution in [2.75, 3.05) is 30.9 Å². The number of carbonyl (C=O) groups excluding carboxylic acids is 2. The van der Waals surface area contributed by atoms with Crippen LogP contribution in [-0.4, -0.2) is 42.3 Å². The van der Waals surface area contributed by atoms with E-state index in [4.69, 9.17) is 0 Å². The smallest absolute Gasteiger partial charge is 0.352 e. The fourth-order valence-electron chi connectivity index (χ4n) is 3.69. The van der Waals surface area contributed by atoms with Crippen molar-refractivity contribution in [3.05, 3.63) is 75.3 Å². The summed E-state index contributed by atoms with van der Waals surface area (Å²) in [7, 11) is 3.62. The number of fused-ring (bicyclic) bond motifs is 1. The van der Waals surface area contributed by atoms with Crippen molar-refractivity contribution in [2.45, 2.75) is 25.8 Å². The van der Waals surface area contributed by atoms with Gasteiger partial charge in [0.05, 0.1) is 17.8 Å². The summed E-state index contributed by atoms with van der Waals surface area (Å²) in [5, 5.41) is 3.17. The number of hydrogen-bond donors (Lipinski definition) is 1. The van der Waals surface area contributed by atoms with E-state index in [9.17, 15) is 18.4 Å². The van der Waals surface area contributed by atoms with E-state index in [1.165, 1.54) is 30.4 Å². The van der Waals surface area contributed by atoms with Crippen molar-refractivity contribution in [1.29, 1.82) is 0 Å². The molecule has 1 aliphatic heterocycles. The third-order valence-electron chi connectivity index (χ3n) is 5.64. The normalized spacial score (nSPS) is 13.4. The molecule has 1 N–H and O–H groups in total. The SMILES string of the molecule is Cc1cc(NC(=O)c2ccc(F)c(C(F)(F)C(=O)N3CCc4nc(N(C)C)sc4C3)c2)ccc1F. The number of halogens is 4. The Labute approximate surface area is 203 Å². The largest absolute Gasteiger partial charge is 0.354 e. The first-order chi connectivity index (χ1) is 16.5. The Balaban J connectivity index is 1.56. The fraction of sp³-hybridized carbons (Fsp3) is 0.292. The Morgan fingerprint density at radius 3 is 2.51 bits per heavy atom. The Morgan fingerprint density at radius 2 is 1.83 bits per heavy atom. The molecule has 2 aromatic carbocycles. The maximum absolute atomic E-state index is 15.2. The maximum Gasteiger partial charge on any atom is 0.352 e. The zero-order chi connectivity index (χ0) is 25.5. The molecule has 0 radical (unpaired) electrons. The predicted octanol–water partition coefficient (Wildman–Crippen LogP) is 4.72. The maximum atomic E-state index is 15.2. The molecule has 0 aliphatic carbocycles. The highest BCUT2D eigenvalue weighted by molar-refractivity contribution is 7.15. The Hall–Kier alpha value is -3.47. The molecule has 3 aromatic rings. The van der Waals surface area contributed by atoms with Crippen LogP contribution in [0.4, 0.5) is 28.4 Å². The van der Waals surface area contributed by atoms with Crippen LogP contribution in [0.15, 0.2) is 36.4 Å². The zero-order valence-electron chi connectivity index (χ0n) is 19.2. The first-order valence-corrected chi connectivity index (χ1v) is 11.5. The molecule has 4 rings (SSSR count). The number of rotatable bonds is 5. The number of hydrogen-bond acceptors (Lipinski definition) is 5. The molecule has 11 heteroatoms. The van der Waals surface area contributed by atoms with Crippen LogP contribution in [0.5, 0.6) is 0 Å². The van der Waals surface area contributed by atoms with Gasteiger partial charge in [-0.25, -0.2) is 13.8 Å². The van der Waals surface area contributed by atoms with Crippen LogP contribution in [0.3, 0.4) is 0 Å². The number of alkyl halides is 2. The second-order valence-corrected chi connectivity index (χ2v) is 9.49. The number of nitrogens with one attached hydrogen (secondary N) is 1. The topological polar surface area (TPSA) is 65.5 Å². The van der Waals surface area contributed by atoms with Gasteiger partial charge in [-0.2, -0.15) is 8.78 Å². The zero-order valence-corrected chi connectivity index (χ0v) is 20.0.